The number of aliphatic carboxylic acids is 1. The molecule has 10 heteroatoms. The first kappa shape index (κ1) is 32.2. The van der Waals surface area contributed by atoms with Crippen LogP contribution in [0.15, 0.2) is 29.8 Å². The van der Waals surface area contributed by atoms with Crippen molar-refractivity contribution in [1.82, 2.24) is 20.5 Å². The van der Waals surface area contributed by atoms with Gasteiger partial charge in [0.25, 0.3) is 0 Å². The molecule has 0 bridgehead atoms. The van der Waals surface area contributed by atoms with Crippen LogP contribution < -0.4 is 10.6 Å². The number of thiazole rings is 1. The lowest BCUT2D eigenvalue weighted by atomic mass is 9.85. The molecule has 1 aliphatic rings. The number of rotatable bonds is 13. The number of hydrogen-bond donors (Lipinski definition) is 3. The van der Waals surface area contributed by atoms with Crippen molar-refractivity contribution in [3.8, 4) is 10.4 Å². The van der Waals surface area contributed by atoms with Gasteiger partial charge in [-0.3, -0.25) is 19.2 Å². The van der Waals surface area contributed by atoms with E-state index in [9.17, 15) is 19.2 Å². The number of hydrogen-bond acceptors (Lipinski definition) is 6. The molecule has 3 atom stereocenters. The number of carbonyl (C=O) groups is 4. The molecule has 1 fully saturated rings. The van der Waals surface area contributed by atoms with E-state index in [1.54, 1.807) is 16.2 Å². The smallest absolute Gasteiger partial charge is 0.303 e. The normalized spacial score (nSPS) is 16.7. The summed E-state index contributed by atoms with van der Waals surface area (Å²) in [7, 11) is 0. The molecule has 1 aliphatic heterocycles. The van der Waals surface area contributed by atoms with Crippen LogP contribution in [0.4, 0.5) is 0 Å². The van der Waals surface area contributed by atoms with Crippen LogP contribution in [-0.2, 0) is 19.2 Å². The fourth-order valence-corrected chi connectivity index (χ4v) is 5.97. The van der Waals surface area contributed by atoms with Crippen LogP contribution in [0, 0.1) is 12.3 Å². The monoisotopic (exact) mass is 584 g/mol. The third-order valence-corrected chi connectivity index (χ3v) is 8.56. The molecule has 0 radical (unpaired) electrons. The van der Waals surface area contributed by atoms with Crippen LogP contribution in [0.5, 0.6) is 0 Å². The number of unbranched alkanes of at least 4 members (excludes halogenated alkanes) is 3. The zero-order valence-corrected chi connectivity index (χ0v) is 25.7. The van der Waals surface area contributed by atoms with Gasteiger partial charge in [0, 0.05) is 19.4 Å². The molecule has 1 saturated heterocycles. The Morgan fingerprint density at radius 2 is 1.71 bits per heavy atom. The summed E-state index contributed by atoms with van der Waals surface area (Å²) < 4.78 is 0. The fourth-order valence-electron chi connectivity index (χ4n) is 5.16. The van der Waals surface area contributed by atoms with Gasteiger partial charge in [0.1, 0.15) is 12.1 Å². The van der Waals surface area contributed by atoms with Gasteiger partial charge in [-0.1, -0.05) is 57.9 Å². The summed E-state index contributed by atoms with van der Waals surface area (Å²) in [5.74, 6) is -1.44. The fraction of sp³-hybridized carbons (Fsp3) is 0.581. The van der Waals surface area contributed by atoms with Crippen molar-refractivity contribution < 1.29 is 24.3 Å². The second-order valence-corrected chi connectivity index (χ2v) is 12.8. The van der Waals surface area contributed by atoms with Crippen LogP contribution >= 0.6 is 11.3 Å². The highest BCUT2D eigenvalue weighted by Gasteiger charge is 2.42. The van der Waals surface area contributed by atoms with Gasteiger partial charge in [0.05, 0.1) is 22.1 Å². The summed E-state index contributed by atoms with van der Waals surface area (Å²) in [5, 5.41) is 14.8. The van der Waals surface area contributed by atoms with Gasteiger partial charge in [-0.25, -0.2) is 4.98 Å². The Labute approximate surface area is 247 Å². The summed E-state index contributed by atoms with van der Waals surface area (Å²) in [6, 6.07) is 6.52. The Morgan fingerprint density at radius 1 is 1.05 bits per heavy atom. The topological polar surface area (TPSA) is 129 Å². The van der Waals surface area contributed by atoms with Gasteiger partial charge >= 0.3 is 5.97 Å². The lowest BCUT2D eigenvalue weighted by Gasteiger charge is -2.35. The molecule has 224 valence electrons. The lowest BCUT2D eigenvalue weighted by molar-refractivity contribution is -0.144. The number of carboxylic acid groups (broad SMARTS) is 1. The average molecular weight is 585 g/mol. The SMILES string of the molecule is Cc1ncsc1-c1ccc(C(C)NC(=O)C2CCCN2C(=O)C(NC(=O)CCCCCCC(=O)O)C(C)(C)C)cc1. The van der Waals surface area contributed by atoms with Crippen molar-refractivity contribution in [2.75, 3.05) is 6.54 Å². The summed E-state index contributed by atoms with van der Waals surface area (Å²) in [5.41, 5.74) is 4.35. The minimum atomic E-state index is -0.811. The maximum absolute atomic E-state index is 13.7. The van der Waals surface area contributed by atoms with Crippen molar-refractivity contribution in [2.45, 2.75) is 104 Å². The number of nitrogens with one attached hydrogen (secondary N) is 2. The molecule has 0 saturated carbocycles. The first-order valence-corrected chi connectivity index (χ1v) is 15.4. The van der Waals surface area contributed by atoms with Crippen molar-refractivity contribution in [3.63, 3.8) is 0 Å². The summed E-state index contributed by atoms with van der Waals surface area (Å²) in [4.78, 5) is 57.5. The van der Waals surface area contributed by atoms with Crippen LogP contribution in [0.3, 0.4) is 0 Å². The number of carboxylic acids is 1. The Bertz CT molecular complexity index is 1200. The molecule has 41 heavy (non-hydrogen) atoms. The van der Waals surface area contributed by atoms with Crippen LogP contribution in [-0.4, -0.2) is 57.3 Å². The molecule has 1 aromatic heterocycles. The van der Waals surface area contributed by atoms with Crippen molar-refractivity contribution in [3.05, 3.63) is 41.0 Å². The van der Waals surface area contributed by atoms with Crippen LogP contribution in [0.1, 0.15) is 96.4 Å². The van der Waals surface area contributed by atoms with E-state index in [4.69, 9.17) is 5.11 Å². The van der Waals surface area contributed by atoms with E-state index in [0.717, 1.165) is 41.0 Å². The van der Waals surface area contributed by atoms with Crippen LogP contribution in [0.25, 0.3) is 10.4 Å². The molecule has 3 rings (SSSR count). The van der Waals surface area contributed by atoms with Crippen molar-refractivity contribution in [2.24, 2.45) is 5.41 Å². The van der Waals surface area contributed by atoms with E-state index in [0.29, 0.717) is 25.8 Å². The molecule has 3 N–H and O–H groups in total. The van der Waals surface area contributed by atoms with Gasteiger partial charge < -0.3 is 20.6 Å². The molecule has 2 heterocycles. The summed E-state index contributed by atoms with van der Waals surface area (Å²) in [6.07, 6.45) is 4.45. The number of likely N-dealkylation sites (tertiary alicyclic amines) is 1. The maximum atomic E-state index is 13.7. The first-order valence-electron chi connectivity index (χ1n) is 14.5. The molecule has 2 aromatic rings. The number of aromatic nitrogens is 1. The standard InChI is InChI=1S/C31H44N4O5S/c1-20(22-14-16-23(17-15-22)27-21(2)32-19-41-27)33-29(39)24-11-10-18-35(24)30(40)28(31(3,4)5)34-25(36)12-8-6-7-9-13-26(37)38/h14-17,19-20,24,28H,6-13,18H2,1-5H3,(H,33,39)(H,34,36)(H,37,38). The minimum absolute atomic E-state index is 0.135. The van der Waals surface area contributed by atoms with E-state index in [1.807, 2.05) is 64.4 Å². The zero-order valence-electron chi connectivity index (χ0n) is 24.9. The zero-order chi connectivity index (χ0) is 30.2. The molecular formula is C31H44N4O5S. The third kappa shape index (κ3) is 9.11. The maximum Gasteiger partial charge on any atom is 0.303 e. The Hall–Kier alpha value is -3.27. The number of amides is 3. The number of nitrogens with zero attached hydrogens (tertiary/aromatic N) is 2. The number of carbonyl (C=O) groups excluding carboxylic acids is 3. The number of aryl methyl sites for hydroxylation is 1. The van der Waals surface area contributed by atoms with Gasteiger partial charge in [-0.05, 0) is 56.1 Å². The quantitative estimate of drug-likeness (QED) is 0.276. The molecular weight excluding hydrogens is 540 g/mol. The molecule has 1 aromatic carbocycles. The molecule has 0 spiro atoms. The lowest BCUT2D eigenvalue weighted by Crippen LogP contribution is -2.57. The van der Waals surface area contributed by atoms with E-state index in [-0.39, 0.29) is 36.6 Å². The van der Waals surface area contributed by atoms with Crippen molar-refractivity contribution >= 4 is 35.0 Å². The first-order chi connectivity index (χ1) is 19.4. The number of benzene rings is 1. The molecule has 3 unspecified atom stereocenters. The highest BCUT2D eigenvalue weighted by Crippen LogP contribution is 2.29. The second kappa shape index (κ2) is 14.6. The van der Waals surface area contributed by atoms with Gasteiger partial charge in [0.15, 0.2) is 0 Å². The Kier molecular flexibility index (Phi) is 11.5. The van der Waals surface area contributed by atoms with Gasteiger partial charge in [-0.15, -0.1) is 11.3 Å². The predicted octanol–water partition coefficient (Wildman–Crippen LogP) is 5.24. The highest BCUT2D eigenvalue weighted by molar-refractivity contribution is 7.13. The second-order valence-electron chi connectivity index (χ2n) is 12.0. The van der Waals surface area contributed by atoms with Gasteiger partial charge in [-0.2, -0.15) is 0 Å². The van der Waals surface area contributed by atoms with E-state index in [2.05, 4.69) is 15.6 Å². The molecule has 3 amide bonds. The summed E-state index contributed by atoms with van der Waals surface area (Å²) >= 11 is 1.60. The Balaban J connectivity index is 1.58. The van der Waals surface area contributed by atoms with E-state index >= 15 is 0 Å². The Morgan fingerprint density at radius 3 is 2.29 bits per heavy atom. The largest absolute Gasteiger partial charge is 0.481 e. The van der Waals surface area contributed by atoms with Gasteiger partial charge in [0.2, 0.25) is 17.7 Å². The third-order valence-electron chi connectivity index (χ3n) is 7.58. The molecule has 0 aliphatic carbocycles. The predicted molar refractivity (Wildman–Crippen MR) is 160 cm³/mol. The van der Waals surface area contributed by atoms with E-state index in [1.165, 1.54) is 0 Å². The molecule has 9 nitrogen and oxygen atoms in total. The highest BCUT2D eigenvalue weighted by atomic mass is 32.1. The minimum Gasteiger partial charge on any atom is -0.481 e. The van der Waals surface area contributed by atoms with E-state index < -0.39 is 23.5 Å². The average Bonchev–Trinajstić information content (AvgIpc) is 3.57. The summed E-state index contributed by atoms with van der Waals surface area (Å²) in [6.45, 7) is 10.1. The van der Waals surface area contributed by atoms with Crippen molar-refractivity contribution in [1.29, 1.82) is 0 Å². The van der Waals surface area contributed by atoms with Crippen LogP contribution in [0.2, 0.25) is 0 Å².